The van der Waals surface area contributed by atoms with E-state index in [4.69, 9.17) is 0 Å². The summed E-state index contributed by atoms with van der Waals surface area (Å²) in [6.07, 6.45) is 1.90. The van der Waals surface area contributed by atoms with Gasteiger partial charge in [0.1, 0.15) is 0 Å². The Kier molecular flexibility index (Phi) is 4.67. The van der Waals surface area contributed by atoms with Crippen LogP contribution in [0, 0.1) is 0 Å². The monoisotopic (exact) mass is 312 g/mol. The second-order valence-corrected chi connectivity index (χ2v) is 6.05. The van der Waals surface area contributed by atoms with Crippen molar-refractivity contribution >= 4 is 26.9 Å². The summed E-state index contributed by atoms with van der Waals surface area (Å²) in [5.74, 6) is -0.376. The number of methoxy groups -OCH3 is 1. The molecule has 0 radical (unpaired) electrons. The quantitative estimate of drug-likeness (QED) is 0.620. The molecule has 0 saturated heterocycles. The van der Waals surface area contributed by atoms with E-state index in [0.29, 0.717) is 12.0 Å². The van der Waals surface area contributed by atoms with E-state index in [1.54, 1.807) is 0 Å². The normalized spacial score (nSPS) is 22.0. The molecule has 1 unspecified atom stereocenters. The zero-order chi connectivity index (χ0) is 10.6. The standard InChI is InChI=1S/C10H14O3Te/c1-3-14-8-6-4-5-7(11)9(8)10(12)13-2/h3,7,11H,1,4-6H2,2H3. The SMILES string of the molecule is C=C[Te]C1=C(C(=O)OC)C(O)CCC1. The molecule has 4 heteroatoms. The van der Waals surface area contributed by atoms with Gasteiger partial charge in [-0.15, -0.1) is 0 Å². The van der Waals surface area contributed by atoms with Crippen molar-refractivity contribution in [2.75, 3.05) is 7.11 Å². The first-order chi connectivity index (χ1) is 6.70. The van der Waals surface area contributed by atoms with Gasteiger partial charge in [0.15, 0.2) is 0 Å². The molecule has 1 N–H and O–H groups in total. The Balaban J connectivity index is 2.96. The molecule has 78 valence electrons. The van der Waals surface area contributed by atoms with Crippen molar-refractivity contribution < 1.29 is 14.6 Å². The Morgan fingerprint density at radius 3 is 3.07 bits per heavy atom. The van der Waals surface area contributed by atoms with E-state index in [1.807, 2.05) is 4.12 Å². The van der Waals surface area contributed by atoms with Crippen molar-refractivity contribution in [1.82, 2.24) is 0 Å². The molecule has 1 aliphatic rings. The molecule has 0 heterocycles. The number of aliphatic hydroxyl groups is 1. The molecule has 1 aliphatic carbocycles. The molecule has 0 fully saturated rings. The summed E-state index contributed by atoms with van der Waals surface area (Å²) in [6, 6.07) is 0. The van der Waals surface area contributed by atoms with Gasteiger partial charge in [-0.2, -0.15) is 0 Å². The topological polar surface area (TPSA) is 46.5 Å². The van der Waals surface area contributed by atoms with Crippen molar-refractivity contribution in [3.8, 4) is 0 Å². The van der Waals surface area contributed by atoms with Crippen LogP contribution in [0.15, 0.2) is 19.9 Å². The van der Waals surface area contributed by atoms with Crippen molar-refractivity contribution in [3.05, 3.63) is 19.9 Å². The molecule has 0 spiro atoms. The van der Waals surface area contributed by atoms with E-state index in [2.05, 4.69) is 11.3 Å². The second-order valence-electron chi connectivity index (χ2n) is 3.02. The van der Waals surface area contributed by atoms with Crippen molar-refractivity contribution in [2.45, 2.75) is 25.4 Å². The fourth-order valence-electron chi connectivity index (χ4n) is 1.50. The third-order valence-electron chi connectivity index (χ3n) is 2.15. The van der Waals surface area contributed by atoms with Gasteiger partial charge in [0.25, 0.3) is 0 Å². The van der Waals surface area contributed by atoms with E-state index in [1.165, 1.54) is 7.11 Å². The van der Waals surface area contributed by atoms with Gasteiger partial charge >= 0.3 is 93.9 Å². The van der Waals surface area contributed by atoms with Gasteiger partial charge in [-0.1, -0.05) is 0 Å². The van der Waals surface area contributed by atoms with Crippen molar-refractivity contribution in [3.63, 3.8) is 0 Å². The summed E-state index contributed by atoms with van der Waals surface area (Å²) >= 11 is -0.494. The van der Waals surface area contributed by atoms with Crippen molar-refractivity contribution in [1.29, 1.82) is 0 Å². The molecule has 0 saturated carbocycles. The van der Waals surface area contributed by atoms with Crippen LogP contribution in [-0.2, 0) is 9.53 Å². The number of carbonyl (C=O) groups is 1. The maximum absolute atomic E-state index is 11.4. The van der Waals surface area contributed by atoms with Crippen LogP contribution in [0.1, 0.15) is 19.3 Å². The van der Waals surface area contributed by atoms with Crippen LogP contribution in [0.5, 0.6) is 0 Å². The molecule has 14 heavy (non-hydrogen) atoms. The number of hydrogen-bond acceptors (Lipinski definition) is 3. The van der Waals surface area contributed by atoms with Gasteiger partial charge < -0.3 is 0 Å². The molecule has 1 atom stereocenters. The molecule has 0 aromatic carbocycles. The number of esters is 1. The number of carbonyl (C=O) groups excluding carboxylic acids is 1. The molecule has 1 rings (SSSR count). The summed E-state index contributed by atoms with van der Waals surface area (Å²) in [6.45, 7) is 3.69. The van der Waals surface area contributed by atoms with E-state index in [0.717, 1.165) is 16.5 Å². The zero-order valence-electron chi connectivity index (χ0n) is 8.16. The fourth-order valence-corrected chi connectivity index (χ4v) is 3.81. The van der Waals surface area contributed by atoms with Gasteiger partial charge in [-0.25, -0.2) is 0 Å². The molecule has 0 aromatic heterocycles. The van der Waals surface area contributed by atoms with Crippen LogP contribution in [0.4, 0.5) is 0 Å². The Labute approximate surface area is 93.9 Å². The molecule has 0 aromatic rings. The molecule has 0 amide bonds. The number of aliphatic hydroxyl groups excluding tert-OH is 1. The van der Waals surface area contributed by atoms with E-state index >= 15 is 0 Å². The third-order valence-corrected chi connectivity index (χ3v) is 4.64. The Bertz CT molecular complexity index is 271. The first-order valence-corrected chi connectivity index (χ1v) is 6.98. The van der Waals surface area contributed by atoms with Crippen molar-refractivity contribution in [2.24, 2.45) is 0 Å². The summed E-state index contributed by atoms with van der Waals surface area (Å²) in [5, 5.41) is 9.70. The zero-order valence-corrected chi connectivity index (χ0v) is 10.5. The van der Waals surface area contributed by atoms with Crippen LogP contribution >= 0.6 is 0 Å². The summed E-state index contributed by atoms with van der Waals surface area (Å²) < 4.78 is 7.64. The first-order valence-electron chi connectivity index (χ1n) is 4.47. The Morgan fingerprint density at radius 2 is 2.50 bits per heavy atom. The minimum absolute atomic E-state index is 0.376. The van der Waals surface area contributed by atoms with Gasteiger partial charge in [0.2, 0.25) is 0 Å². The maximum atomic E-state index is 11.4. The number of allylic oxidation sites excluding steroid dienone is 1. The first kappa shape index (κ1) is 11.8. The molecule has 3 nitrogen and oxygen atoms in total. The molecule has 0 aliphatic heterocycles. The van der Waals surface area contributed by atoms with Crippen LogP contribution in [0.3, 0.4) is 0 Å². The summed E-state index contributed by atoms with van der Waals surface area (Å²) in [7, 11) is 1.35. The van der Waals surface area contributed by atoms with Gasteiger partial charge in [-0.05, 0) is 0 Å². The van der Waals surface area contributed by atoms with Crippen LogP contribution in [-0.4, -0.2) is 45.2 Å². The van der Waals surface area contributed by atoms with Crippen LogP contribution in [0.25, 0.3) is 0 Å². The Morgan fingerprint density at radius 1 is 1.79 bits per heavy atom. The van der Waals surface area contributed by atoms with Gasteiger partial charge in [0, 0.05) is 0 Å². The number of ether oxygens (including phenoxy) is 1. The van der Waals surface area contributed by atoms with E-state index < -0.39 is 27.0 Å². The predicted octanol–water partition coefficient (Wildman–Crippen LogP) is 0.806. The van der Waals surface area contributed by atoms with E-state index in [9.17, 15) is 9.90 Å². The van der Waals surface area contributed by atoms with Crippen LogP contribution in [0.2, 0.25) is 0 Å². The number of hydrogen-bond donors (Lipinski definition) is 1. The number of rotatable bonds is 3. The Hall–Kier alpha value is -0.300. The average molecular weight is 310 g/mol. The third kappa shape index (κ3) is 2.60. The predicted molar refractivity (Wildman–Crippen MR) is 54.9 cm³/mol. The fraction of sp³-hybridized carbons (Fsp3) is 0.500. The molecular formula is C10H14O3Te. The summed E-state index contributed by atoms with van der Waals surface area (Å²) in [5.41, 5.74) is 0.501. The van der Waals surface area contributed by atoms with E-state index in [-0.39, 0.29) is 5.97 Å². The van der Waals surface area contributed by atoms with Crippen LogP contribution < -0.4 is 0 Å². The second kappa shape index (κ2) is 5.55. The molecule has 0 bridgehead atoms. The summed E-state index contributed by atoms with van der Waals surface area (Å²) in [4.78, 5) is 11.4. The molecular weight excluding hydrogens is 296 g/mol. The minimum atomic E-state index is -0.628. The van der Waals surface area contributed by atoms with Gasteiger partial charge in [0.05, 0.1) is 0 Å². The van der Waals surface area contributed by atoms with Gasteiger partial charge in [-0.3, -0.25) is 0 Å². The average Bonchev–Trinajstić information content (AvgIpc) is 2.18.